The van der Waals surface area contributed by atoms with Crippen molar-refractivity contribution in [2.24, 2.45) is 4.99 Å². The summed E-state index contributed by atoms with van der Waals surface area (Å²) in [5.41, 5.74) is 1.78. The van der Waals surface area contributed by atoms with Crippen molar-refractivity contribution in [3.8, 4) is 17.2 Å². The molecule has 0 fully saturated rings. The minimum Gasteiger partial charge on any atom is -0.502 e. The standard InChI is InChI=1S/C19H28N4O4/c1-6-20-19(22-11-14-9-15(12(2)3)23-27-14)21-10-13-7-16(25-4)18(24)17(8-13)26-5/h7-9,12,24H,6,10-11H2,1-5H3,(H2,20,21,22). The molecule has 0 aliphatic heterocycles. The van der Waals surface area contributed by atoms with Gasteiger partial charge in [0.15, 0.2) is 23.2 Å². The molecule has 0 saturated heterocycles. The van der Waals surface area contributed by atoms with Gasteiger partial charge < -0.3 is 29.7 Å². The van der Waals surface area contributed by atoms with Crippen LogP contribution in [0, 0.1) is 0 Å². The molecule has 0 atom stereocenters. The predicted molar refractivity (Wildman–Crippen MR) is 103 cm³/mol. The van der Waals surface area contributed by atoms with E-state index in [9.17, 15) is 5.11 Å². The number of methoxy groups -OCH3 is 2. The number of phenols is 1. The van der Waals surface area contributed by atoms with Gasteiger partial charge in [-0.3, -0.25) is 0 Å². The second-order valence-electron chi connectivity index (χ2n) is 6.27. The van der Waals surface area contributed by atoms with E-state index in [0.717, 1.165) is 23.6 Å². The molecule has 2 rings (SSSR count). The number of rotatable bonds is 8. The molecule has 3 N–H and O–H groups in total. The molecule has 0 radical (unpaired) electrons. The largest absolute Gasteiger partial charge is 0.502 e. The Kier molecular flexibility index (Phi) is 7.34. The number of aromatic hydroxyl groups is 1. The normalized spacial score (nSPS) is 11.6. The number of guanidine groups is 1. The number of nitrogens with one attached hydrogen (secondary N) is 2. The van der Waals surface area contributed by atoms with Crippen LogP contribution in [-0.4, -0.2) is 37.0 Å². The van der Waals surface area contributed by atoms with E-state index in [-0.39, 0.29) is 5.75 Å². The van der Waals surface area contributed by atoms with Crippen LogP contribution in [0.3, 0.4) is 0 Å². The third-order valence-corrected chi connectivity index (χ3v) is 3.90. The fourth-order valence-corrected chi connectivity index (χ4v) is 2.41. The van der Waals surface area contributed by atoms with E-state index < -0.39 is 0 Å². The molecular formula is C19H28N4O4. The van der Waals surface area contributed by atoms with Gasteiger partial charge in [-0.05, 0) is 30.5 Å². The number of phenolic OH excluding ortho intramolecular Hbond substituents is 1. The molecule has 0 spiro atoms. The van der Waals surface area contributed by atoms with Gasteiger partial charge in [0.2, 0.25) is 5.75 Å². The van der Waals surface area contributed by atoms with Crippen LogP contribution >= 0.6 is 0 Å². The van der Waals surface area contributed by atoms with Gasteiger partial charge in [-0.2, -0.15) is 0 Å². The quantitative estimate of drug-likeness (QED) is 0.481. The summed E-state index contributed by atoms with van der Waals surface area (Å²) in [6.45, 7) is 7.72. The lowest BCUT2D eigenvalue weighted by molar-refractivity contribution is 0.339. The third-order valence-electron chi connectivity index (χ3n) is 3.90. The zero-order chi connectivity index (χ0) is 19.8. The maximum absolute atomic E-state index is 10.00. The first-order valence-corrected chi connectivity index (χ1v) is 8.90. The van der Waals surface area contributed by atoms with Crippen molar-refractivity contribution in [1.29, 1.82) is 0 Å². The summed E-state index contributed by atoms with van der Waals surface area (Å²) >= 11 is 0. The van der Waals surface area contributed by atoms with Gasteiger partial charge in [0.1, 0.15) is 0 Å². The second kappa shape index (κ2) is 9.70. The molecule has 1 aromatic carbocycles. The average Bonchev–Trinajstić information content (AvgIpc) is 3.14. The van der Waals surface area contributed by atoms with Crippen LogP contribution in [0.5, 0.6) is 17.2 Å². The Morgan fingerprint density at radius 2 is 1.85 bits per heavy atom. The van der Waals surface area contributed by atoms with Crippen LogP contribution < -0.4 is 20.1 Å². The highest BCUT2D eigenvalue weighted by Crippen LogP contribution is 2.37. The van der Waals surface area contributed by atoms with Crippen molar-refractivity contribution in [2.45, 2.75) is 39.8 Å². The summed E-state index contributed by atoms with van der Waals surface area (Å²) in [4.78, 5) is 4.56. The van der Waals surface area contributed by atoms with Crippen LogP contribution in [0.2, 0.25) is 0 Å². The lowest BCUT2D eigenvalue weighted by Crippen LogP contribution is -2.36. The molecule has 0 saturated carbocycles. The number of aliphatic imine (C=N–C) groups is 1. The first kappa shape index (κ1) is 20.4. The first-order chi connectivity index (χ1) is 13.0. The van der Waals surface area contributed by atoms with Crippen LogP contribution in [-0.2, 0) is 13.1 Å². The zero-order valence-corrected chi connectivity index (χ0v) is 16.5. The van der Waals surface area contributed by atoms with Crippen molar-refractivity contribution in [2.75, 3.05) is 20.8 Å². The van der Waals surface area contributed by atoms with Crippen LogP contribution in [0.15, 0.2) is 27.7 Å². The van der Waals surface area contributed by atoms with Crippen molar-refractivity contribution in [1.82, 2.24) is 15.8 Å². The minimum absolute atomic E-state index is 0.0240. The summed E-state index contributed by atoms with van der Waals surface area (Å²) in [7, 11) is 2.99. The maximum atomic E-state index is 10.00. The highest BCUT2D eigenvalue weighted by molar-refractivity contribution is 5.79. The lowest BCUT2D eigenvalue weighted by atomic mass is 10.1. The summed E-state index contributed by atoms with van der Waals surface area (Å²) < 4.78 is 15.7. The van der Waals surface area contributed by atoms with Gasteiger partial charge in [0.25, 0.3) is 0 Å². The van der Waals surface area contributed by atoms with E-state index in [1.807, 2.05) is 13.0 Å². The fourth-order valence-electron chi connectivity index (χ4n) is 2.41. The Morgan fingerprint density at radius 1 is 1.19 bits per heavy atom. The molecule has 8 nitrogen and oxygen atoms in total. The molecule has 0 aliphatic carbocycles. The van der Waals surface area contributed by atoms with Crippen molar-refractivity contribution in [3.63, 3.8) is 0 Å². The van der Waals surface area contributed by atoms with E-state index in [4.69, 9.17) is 14.0 Å². The number of benzene rings is 1. The Bertz CT molecular complexity index is 746. The minimum atomic E-state index is -0.0240. The van der Waals surface area contributed by atoms with E-state index in [1.54, 1.807) is 12.1 Å². The van der Waals surface area contributed by atoms with Gasteiger partial charge in [-0.25, -0.2) is 4.99 Å². The Labute approximate surface area is 159 Å². The number of nitrogens with zero attached hydrogens (tertiary/aromatic N) is 2. The molecule has 0 unspecified atom stereocenters. The molecule has 0 amide bonds. The molecule has 148 valence electrons. The molecule has 0 bridgehead atoms. The maximum Gasteiger partial charge on any atom is 0.200 e. The smallest absolute Gasteiger partial charge is 0.200 e. The Hall–Kier alpha value is -2.90. The molecule has 8 heteroatoms. The van der Waals surface area contributed by atoms with Crippen molar-refractivity contribution >= 4 is 5.96 Å². The van der Waals surface area contributed by atoms with Gasteiger partial charge in [0, 0.05) is 12.6 Å². The van der Waals surface area contributed by atoms with E-state index in [0.29, 0.717) is 36.5 Å². The lowest BCUT2D eigenvalue weighted by Gasteiger charge is -2.12. The van der Waals surface area contributed by atoms with Crippen molar-refractivity contribution < 1.29 is 19.1 Å². The highest BCUT2D eigenvalue weighted by Gasteiger charge is 2.12. The molecule has 0 aliphatic rings. The van der Waals surface area contributed by atoms with Crippen molar-refractivity contribution in [3.05, 3.63) is 35.2 Å². The number of aromatic nitrogens is 1. The second-order valence-corrected chi connectivity index (χ2v) is 6.27. The van der Waals surface area contributed by atoms with Crippen LogP contribution in [0.25, 0.3) is 0 Å². The topological polar surface area (TPSA) is 101 Å². The zero-order valence-electron chi connectivity index (χ0n) is 16.5. The Morgan fingerprint density at radius 3 is 2.37 bits per heavy atom. The van der Waals surface area contributed by atoms with Gasteiger partial charge >= 0.3 is 0 Å². The number of hydrogen-bond donors (Lipinski definition) is 3. The number of ether oxygens (including phenoxy) is 2. The van der Waals surface area contributed by atoms with E-state index in [1.165, 1.54) is 14.2 Å². The predicted octanol–water partition coefficient (Wildman–Crippen LogP) is 2.78. The fraction of sp³-hybridized carbons (Fsp3) is 0.474. The third kappa shape index (κ3) is 5.54. The molecule has 1 aromatic heterocycles. The van der Waals surface area contributed by atoms with E-state index in [2.05, 4.69) is 34.6 Å². The summed E-state index contributed by atoms with van der Waals surface area (Å²) in [6.07, 6.45) is 0. The number of hydrogen-bond acceptors (Lipinski definition) is 6. The highest BCUT2D eigenvalue weighted by atomic mass is 16.5. The van der Waals surface area contributed by atoms with Crippen LogP contribution in [0.4, 0.5) is 0 Å². The van der Waals surface area contributed by atoms with Gasteiger partial charge in [-0.15, -0.1) is 0 Å². The first-order valence-electron chi connectivity index (χ1n) is 8.90. The molecule has 1 heterocycles. The molecule has 2 aromatic rings. The van der Waals surface area contributed by atoms with Gasteiger partial charge in [0.05, 0.1) is 33.0 Å². The van der Waals surface area contributed by atoms with Crippen LogP contribution in [0.1, 0.15) is 43.7 Å². The Balaban J connectivity index is 2.08. The monoisotopic (exact) mass is 376 g/mol. The SMILES string of the molecule is CCNC(=NCc1cc(OC)c(O)c(OC)c1)NCc1cc(C(C)C)no1. The molecule has 27 heavy (non-hydrogen) atoms. The van der Waals surface area contributed by atoms with Gasteiger partial charge in [-0.1, -0.05) is 19.0 Å². The summed E-state index contributed by atoms with van der Waals surface area (Å²) in [6, 6.07) is 5.41. The van der Waals surface area contributed by atoms with E-state index >= 15 is 0 Å². The molecular weight excluding hydrogens is 348 g/mol. The summed E-state index contributed by atoms with van der Waals surface area (Å²) in [5, 5.41) is 20.5. The average molecular weight is 376 g/mol. The summed E-state index contributed by atoms with van der Waals surface area (Å²) in [5.74, 6) is 2.39.